The number of aromatic nitrogens is 3. The minimum atomic E-state index is 0.102. The van der Waals surface area contributed by atoms with Crippen LogP contribution in [0.15, 0.2) is 91.0 Å². The Morgan fingerprint density at radius 1 is 0.694 bits per heavy atom. The van der Waals surface area contributed by atoms with Crippen molar-refractivity contribution < 1.29 is 0 Å². The van der Waals surface area contributed by atoms with Crippen molar-refractivity contribution in [3.8, 4) is 11.3 Å². The maximum Gasteiger partial charge on any atom is 0.146 e. The summed E-state index contributed by atoms with van der Waals surface area (Å²) in [5, 5.41) is 5.03. The van der Waals surface area contributed by atoms with Crippen LogP contribution in [0.25, 0.3) is 60.5 Å². The zero-order valence-corrected chi connectivity index (χ0v) is 21.2. The molecule has 3 heteroatoms. The number of rotatable bonds is 2. The molecule has 0 saturated carbocycles. The van der Waals surface area contributed by atoms with Gasteiger partial charge in [-0.1, -0.05) is 69.3 Å². The van der Waals surface area contributed by atoms with Crippen LogP contribution in [0.3, 0.4) is 0 Å². The molecular formula is C33H29N3. The Labute approximate surface area is 210 Å². The van der Waals surface area contributed by atoms with Gasteiger partial charge in [-0.2, -0.15) is 0 Å². The molecule has 0 aliphatic heterocycles. The number of pyridine rings is 1. The second-order valence-corrected chi connectivity index (χ2v) is 10.8. The number of aryl methyl sites for hydroxylation is 1. The van der Waals surface area contributed by atoms with Crippen LogP contribution in [0.1, 0.15) is 33.3 Å². The standard InChI is InChI=1S/C33H29N3/c1-5-35-28-16-15-23(33(2,3)4)19-25(28)26-20-24-22(18-31(26)35)17-30(21-11-7-6-8-12-21)36-29-14-10-9-13-27(29)34-32(24)36/h6-20H,5H2,1-4H3. The number of imidazole rings is 1. The van der Waals surface area contributed by atoms with Crippen molar-refractivity contribution in [2.45, 2.75) is 39.7 Å². The largest absolute Gasteiger partial charge is 0.341 e. The summed E-state index contributed by atoms with van der Waals surface area (Å²) >= 11 is 0. The number of para-hydroxylation sites is 2. The highest BCUT2D eigenvalue weighted by atomic mass is 15.0. The molecule has 0 atom stereocenters. The molecule has 4 aromatic carbocycles. The van der Waals surface area contributed by atoms with Gasteiger partial charge in [0.15, 0.2) is 0 Å². The van der Waals surface area contributed by atoms with E-state index in [0.717, 1.165) is 23.2 Å². The summed E-state index contributed by atoms with van der Waals surface area (Å²) < 4.78 is 4.78. The van der Waals surface area contributed by atoms with E-state index in [1.807, 2.05) is 0 Å². The number of hydrogen-bond acceptors (Lipinski definition) is 1. The van der Waals surface area contributed by atoms with Crippen molar-refractivity contribution in [3.05, 3.63) is 96.6 Å². The Bertz CT molecular complexity index is 1950. The third kappa shape index (κ3) is 2.95. The van der Waals surface area contributed by atoms with E-state index < -0.39 is 0 Å². The summed E-state index contributed by atoms with van der Waals surface area (Å²) in [7, 11) is 0. The number of fused-ring (bicyclic) bond motifs is 8. The lowest BCUT2D eigenvalue weighted by atomic mass is 9.86. The Morgan fingerprint density at radius 2 is 1.44 bits per heavy atom. The van der Waals surface area contributed by atoms with E-state index in [2.05, 4.69) is 128 Å². The molecule has 3 heterocycles. The van der Waals surface area contributed by atoms with Crippen LogP contribution in [0.2, 0.25) is 0 Å². The molecule has 3 aromatic heterocycles. The first-order valence-corrected chi connectivity index (χ1v) is 12.8. The Morgan fingerprint density at radius 3 is 2.22 bits per heavy atom. The third-order valence-corrected chi connectivity index (χ3v) is 7.62. The van der Waals surface area contributed by atoms with Crippen molar-refractivity contribution in [3.63, 3.8) is 0 Å². The van der Waals surface area contributed by atoms with Crippen LogP contribution >= 0.6 is 0 Å². The third-order valence-electron chi connectivity index (χ3n) is 7.62. The lowest BCUT2D eigenvalue weighted by Crippen LogP contribution is -2.10. The summed E-state index contributed by atoms with van der Waals surface area (Å²) in [5.41, 5.74) is 9.57. The van der Waals surface area contributed by atoms with Gasteiger partial charge in [0.25, 0.3) is 0 Å². The van der Waals surface area contributed by atoms with Gasteiger partial charge in [0.1, 0.15) is 5.65 Å². The molecule has 0 spiro atoms. The minimum Gasteiger partial charge on any atom is -0.341 e. The summed E-state index contributed by atoms with van der Waals surface area (Å²) in [6.45, 7) is 10.0. The van der Waals surface area contributed by atoms with E-state index in [4.69, 9.17) is 4.98 Å². The fraction of sp³-hybridized carbons (Fsp3) is 0.182. The van der Waals surface area contributed by atoms with Gasteiger partial charge in [-0.05, 0) is 71.3 Å². The molecule has 0 N–H and O–H groups in total. The quantitative estimate of drug-likeness (QED) is 0.249. The van der Waals surface area contributed by atoms with E-state index in [0.29, 0.717) is 0 Å². The highest BCUT2D eigenvalue weighted by Gasteiger charge is 2.19. The van der Waals surface area contributed by atoms with E-state index in [1.54, 1.807) is 0 Å². The van der Waals surface area contributed by atoms with Crippen molar-refractivity contribution >= 4 is 49.3 Å². The van der Waals surface area contributed by atoms with Crippen molar-refractivity contribution in [2.75, 3.05) is 0 Å². The number of hydrogen-bond donors (Lipinski definition) is 0. The molecule has 7 aromatic rings. The van der Waals surface area contributed by atoms with Gasteiger partial charge in [0, 0.05) is 33.7 Å². The summed E-state index contributed by atoms with van der Waals surface area (Å²) in [4.78, 5) is 5.16. The van der Waals surface area contributed by atoms with Gasteiger partial charge in [-0.15, -0.1) is 0 Å². The molecule has 0 saturated heterocycles. The maximum atomic E-state index is 5.16. The topological polar surface area (TPSA) is 22.2 Å². The lowest BCUT2D eigenvalue weighted by molar-refractivity contribution is 0.591. The molecule has 3 nitrogen and oxygen atoms in total. The van der Waals surface area contributed by atoms with Crippen molar-refractivity contribution in [1.82, 2.24) is 14.0 Å². The summed E-state index contributed by atoms with van der Waals surface area (Å²) in [6.07, 6.45) is 0. The first-order chi connectivity index (χ1) is 17.4. The Kier molecular flexibility index (Phi) is 4.38. The van der Waals surface area contributed by atoms with Gasteiger partial charge >= 0.3 is 0 Å². The maximum absolute atomic E-state index is 5.16. The average Bonchev–Trinajstić information content (AvgIpc) is 3.42. The highest BCUT2D eigenvalue weighted by Crippen LogP contribution is 2.38. The normalized spacial score (nSPS) is 12.6. The van der Waals surface area contributed by atoms with E-state index in [9.17, 15) is 0 Å². The minimum absolute atomic E-state index is 0.102. The molecular weight excluding hydrogens is 438 g/mol. The van der Waals surface area contributed by atoms with Gasteiger partial charge in [0.2, 0.25) is 0 Å². The predicted octanol–water partition coefficient (Wildman–Crippen LogP) is 8.73. The summed E-state index contributed by atoms with van der Waals surface area (Å²) in [6, 6.07) is 33.2. The monoisotopic (exact) mass is 467 g/mol. The van der Waals surface area contributed by atoms with Crippen LogP contribution in [0.4, 0.5) is 0 Å². The molecule has 36 heavy (non-hydrogen) atoms. The zero-order chi connectivity index (χ0) is 24.6. The summed E-state index contributed by atoms with van der Waals surface area (Å²) in [5.74, 6) is 0. The first kappa shape index (κ1) is 21.2. The van der Waals surface area contributed by atoms with Gasteiger partial charge < -0.3 is 4.57 Å². The van der Waals surface area contributed by atoms with Gasteiger partial charge in [-0.3, -0.25) is 4.40 Å². The van der Waals surface area contributed by atoms with Crippen molar-refractivity contribution in [2.24, 2.45) is 0 Å². The Hall–Kier alpha value is -4.11. The smallest absolute Gasteiger partial charge is 0.146 e. The molecule has 0 unspecified atom stereocenters. The molecule has 0 aliphatic rings. The Balaban J connectivity index is 1.67. The number of nitrogens with zero attached hydrogens (tertiary/aromatic N) is 3. The fourth-order valence-electron chi connectivity index (χ4n) is 5.76. The van der Waals surface area contributed by atoms with E-state index in [-0.39, 0.29) is 5.41 Å². The lowest BCUT2D eigenvalue weighted by Gasteiger charge is -2.19. The zero-order valence-electron chi connectivity index (χ0n) is 21.2. The van der Waals surface area contributed by atoms with Gasteiger partial charge in [0.05, 0.1) is 16.7 Å². The molecule has 176 valence electrons. The second-order valence-electron chi connectivity index (χ2n) is 10.8. The van der Waals surface area contributed by atoms with Crippen LogP contribution in [0, 0.1) is 0 Å². The van der Waals surface area contributed by atoms with Crippen LogP contribution in [0.5, 0.6) is 0 Å². The van der Waals surface area contributed by atoms with E-state index >= 15 is 0 Å². The van der Waals surface area contributed by atoms with Crippen LogP contribution < -0.4 is 0 Å². The fourth-order valence-corrected chi connectivity index (χ4v) is 5.76. The molecule has 0 amide bonds. The molecule has 0 aliphatic carbocycles. The molecule has 0 fully saturated rings. The average molecular weight is 468 g/mol. The van der Waals surface area contributed by atoms with Crippen molar-refractivity contribution in [1.29, 1.82) is 0 Å². The first-order valence-electron chi connectivity index (χ1n) is 12.8. The molecule has 0 radical (unpaired) electrons. The van der Waals surface area contributed by atoms with E-state index in [1.165, 1.54) is 49.4 Å². The van der Waals surface area contributed by atoms with Crippen LogP contribution in [-0.2, 0) is 12.0 Å². The highest BCUT2D eigenvalue weighted by molar-refractivity contribution is 6.15. The van der Waals surface area contributed by atoms with Gasteiger partial charge in [-0.25, -0.2) is 4.98 Å². The molecule has 7 rings (SSSR count). The van der Waals surface area contributed by atoms with Crippen LogP contribution in [-0.4, -0.2) is 14.0 Å². The second kappa shape index (κ2) is 7.44. The number of benzene rings is 4. The SMILES string of the molecule is CCn1c2ccc(C(C)(C)C)cc2c2cc3c(cc(-c4ccccc4)n4c5ccccc5nc34)cc21. The predicted molar refractivity (Wildman–Crippen MR) is 153 cm³/mol. The molecule has 0 bridgehead atoms.